The summed E-state index contributed by atoms with van der Waals surface area (Å²) in [7, 11) is 1.82. The van der Waals surface area contributed by atoms with Crippen molar-refractivity contribution in [3.63, 3.8) is 0 Å². The molecule has 1 aliphatic rings. The standard InChI is InChI=1S/C22H30N4O4/c1-5-30-22(29)17-11-13-25(14-12-17)20(27)15(2)23-19-16(3)24(4)26(21(19)28)18-9-7-6-8-10-18/h6-10,15,17,23H,5,11-14H2,1-4H3. The van der Waals surface area contributed by atoms with Gasteiger partial charge in [-0.05, 0) is 45.7 Å². The molecule has 1 amide bonds. The molecule has 0 radical (unpaired) electrons. The van der Waals surface area contributed by atoms with Gasteiger partial charge in [0.05, 0.1) is 23.9 Å². The predicted octanol–water partition coefficient (Wildman–Crippen LogP) is 2.09. The van der Waals surface area contributed by atoms with Crippen LogP contribution in [0.2, 0.25) is 0 Å². The Balaban J connectivity index is 1.70. The molecule has 1 unspecified atom stereocenters. The topological polar surface area (TPSA) is 85.6 Å². The van der Waals surface area contributed by atoms with Crippen LogP contribution in [0.25, 0.3) is 5.69 Å². The second-order valence-electron chi connectivity index (χ2n) is 7.65. The Labute approximate surface area is 176 Å². The average molecular weight is 415 g/mol. The maximum Gasteiger partial charge on any atom is 0.309 e. The van der Waals surface area contributed by atoms with Crippen LogP contribution in [0.3, 0.4) is 0 Å². The minimum absolute atomic E-state index is 0.0776. The lowest BCUT2D eigenvalue weighted by Gasteiger charge is -2.32. The Kier molecular flexibility index (Phi) is 6.64. The lowest BCUT2D eigenvalue weighted by Crippen LogP contribution is -2.46. The largest absolute Gasteiger partial charge is 0.466 e. The molecule has 0 bridgehead atoms. The third kappa shape index (κ3) is 4.27. The fourth-order valence-corrected chi connectivity index (χ4v) is 3.88. The molecule has 0 spiro atoms. The number of carbonyl (C=O) groups is 2. The van der Waals surface area contributed by atoms with Crippen molar-refractivity contribution >= 4 is 17.6 Å². The third-order valence-corrected chi connectivity index (χ3v) is 5.71. The molecular formula is C22H30N4O4. The van der Waals surface area contributed by atoms with Crippen LogP contribution in [-0.2, 0) is 21.4 Å². The molecule has 1 aromatic heterocycles. The third-order valence-electron chi connectivity index (χ3n) is 5.71. The molecule has 1 aliphatic heterocycles. The van der Waals surface area contributed by atoms with Crippen LogP contribution < -0.4 is 10.9 Å². The van der Waals surface area contributed by atoms with Gasteiger partial charge < -0.3 is 15.0 Å². The summed E-state index contributed by atoms with van der Waals surface area (Å²) in [6.45, 7) is 6.80. The summed E-state index contributed by atoms with van der Waals surface area (Å²) < 4.78 is 8.45. The van der Waals surface area contributed by atoms with Crippen LogP contribution in [0.5, 0.6) is 0 Å². The van der Waals surface area contributed by atoms with Crippen molar-refractivity contribution in [1.82, 2.24) is 14.3 Å². The van der Waals surface area contributed by atoms with Crippen molar-refractivity contribution in [3.8, 4) is 5.69 Å². The Morgan fingerprint density at radius 2 is 1.83 bits per heavy atom. The van der Waals surface area contributed by atoms with E-state index in [1.165, 1.54) is 0 Å². The first kappa shape index (κ1) is 21.7. The number of benzene rings is 1. The molecule has 1 aromatic carbocycles. The number of esters is 1. The number of nitrogens with one attached hydrogen (secondary N) is 1. The molecule has 0 aliphatic carbocycles. The Hall–Kier alpha value is -3.03. The van der Waals surface area contributed by atoms with Gasteiger partial charge in [0.1, 0.15) is 11.7 Å². The molecule has 2 heterocycles. The molecule has 30 heavy (non-hydrogen) atoms. The van der Waals surface area contributed by atoms with Crippen LogP contribution in [0.1, 0.15) is 32.4 Å². The summed E-state index contributed by atoms with van der Waals surface area (Å²) in [5.41, 5.74) is 1.75. The smallest absolute Gasteiger partial charge is 0.309 e. The van der Waals surface area contributed by atoms with Crippen molar-refractivity contribution in [2.45, 2.75) is 39.7 Å². The number of hydrogen-bond donors (Lipinski definition) is 1. The minimum Gasteiger partial charge on any atom is -0.466 e. The predicted molar refractivity (Wildman–Crippen MR) is 115 cm³/mol. The van der Waals surface area contributed by atoms with Crippen molar-refractivity contribution in [2.24, 2.45) is 13.0 Å². The summed E-state index contributed by atoms with van der Waals surface area (Å²) in [5, 5.41) is 3.12. The monoisotopic (exact) mass is 414 g/mol. The number of anilines is 1. The van der Waals surface area contributed by atoms with Gasteiger partial charge in [0.2, 0.25) is 5.91 Å². The first-order valence-electron chi connectivity index (χ1n) is 10.4. The normalized spacial score (nSPS) is 15.7. The van der Waals surface area contributed by atoms with E-state index in [0.29, 0.717) is 38.2 Å². The number of likely N-dealkylation sites (tertiary alicyclic amines) is 1. The highest BCUT2D eigenvalue weighted by molar-refractivity contribution is 5.85. The van der Waals surface area contributed by atoms with Gasteiger partial charge in [-0.1, -0.05) is 18.2 Å². The summed E-state index contributed by atoms with van der Waals surface area (Å²) in [6, 6.07) is 8.84. The second-order valence-corrected chi connectivity index (χ2v) is 7.65. The zero-order valence-corrected chi connectivity index (χ0v) is 18.1. The van der Waals surface area contributed by atoms with Gasteiger partial charge >= 0.3 is 5.97 Å². The molecule has 1 atom stereocenters. The van der Waals surface area contributed by atoms with Crippen LogP contribution >= 0.6 is 0 Å². The fourth-order valence-electron chi connectivity index (χ4n) is 3.88. The van der Waals surface area contributed by atoms with Gasteiger partial charge in [0.25, 0.3) is 5.56 Å². The lowest BCUT2D eigenvalue weighted by molar-refractivity contribution is -0.151. The quantitative estimate of drug-likeness (QED) is 0.732. The van der Waals surface area contributed by atoms with E-state index < -0.39 is 6.04 Å². The number of amides is 1. The highest BCUT2D eigenvalue weighted by Gasteiger charge is 2.30. The van der Waals surface area contributed by atoms with Crippen LogP contribution in [0.4, 0.5) is 5.69 Å². The lowest BCUT2D eigenvalue weighted by atomic mass is 9.96. The zero-order valence-electron chi connectivity index (χ0n) is 18.1. The SMILES string of the molecule is CCOC(=O)C1CCN(C(=O)C(C)Nc2c(C)n(C)n(-c3ccccc3)c2=O)CC1. The molecule has 3 rings (SSSR count). The zero-order chi connectivity index (χ0) is 21.8. The van der Waals surface area contributed by atoms with Gasteiger partial charge in [-0.25, -0.2) is 4.68 Å². The molecular weight excluding hydrogens is 384 g/mol. The van der Waals surface area contributed by atoms with E-state index in [-0.39, 0.29) is 23.4 Å². The maximum atomic E-state index is 13.0. The van der Waals surface area contributed by atoms with E-state index in [1.807, 2.05) is 44.3 Å². The first-order chi connectivity index (χ1) is 14.3. The van der Waals surface area contributed by atoms with Crippen LogP contribution in [0.15, 0.2) is 35.1 Å². The molecule has 0 saturated carbocycles. The molecule has 8 nitrogen and oxygen atoms in total. The Bertz CT molecular complexity index is 956. The van der Waals surface area contributed by atoms with Gasteiger partial charge in [0.15, 0.2) is 0 Å². The number of ether oxygens (including phenoxy) is 1. The Morgan fingerprint density at radius 1 is 1.20 bits per heavy atom. The van der Waals surface area contributed by atoms with E-state index in [0.717, 1.165) is 11.4 Å². The number of aromatic nitrogens is 2. The van der Waals surface area contributed by atoms with Gasteiger partial charge in [-0.15, -0.1) is 0 Å². The van der Waals surface area contributed by atoms with Gasteiger partial charge in [-0.3, -0.25) is 19.1 Å². The van der Waals surface area contributed by atoms with Crippen molar-refractivity contribution < 1.29 is 14.3 Å². The van der Waals surface area contributed by atoms with Gasteiger partial charge in [0, 0.05) is 20.1 Å². The van der Waals surface area contributed by atoms with E-state index in [9.17, 15) is 14.4 Å². The molecule has 2 aromatic rings. The van der Waals surface area contributed by atoms with Crippen LogP contribution in [-0.4, -0.2) is 51.9 Å². The minimum atomic E-state index is -0.554. The number of rotatable bonds is 6. The van der Waals surface area contributed by atoms with Crippen LogP contribution in [0, 0.1) is 12.8 Å². The number of hydrogen-bond acceptors (Lipinski definition) is 5. The number of nitrogens with zero attached hydrogens (tertiary/aromatic N) is 3. The van der Waals surface area contributed by atoms with Gasteiger partial charge in [-0.2, -0.15) is 0 Å². The van der Waals surface area contributed by atoms with Crippen molar-refractivity contribution in [2.75, 3.05) is 25.0 Å². The summed E-state index contributed by atoms with van der Waals surface area (Å²) in [6.07, 6.45) is 1.20. The summed E-state index contributed by atoms with van der Waals surface area (Å²) >= 11 is 0. The van der Waals surface area contributed by atoms with E-state index in [1.54, 1.807) is 28.1 Å². The molecule has 1 saturated heterocycles. The second kappa shape index (κ2) is 9.19. The van der Waals surface area contributed by atoms with E-state index in [4.69, 9.17) is 4.74 Å². The molecule has 1 fully saturated rings. The van der Waals surface area contributed by atoms with E-state index >= 15 is 0 Å². The van der Waals surface area contributed by atoms with Crippen molar-refractivity contribution in [1.29, 1.82) is 0 Å². The first-order valence-corrected chi connectivity index (χ1v) is 10.4. The number of para-hydroxylation sites is 1. The summed E-state index contributed by atoms with van der Waals surface area (Å²) in [5.74, 6) is -0.407. The highest BCUT2D eigenvalue weighted by Crippen LogP contribution is 2.20. The average Bonchev–Trinajstić information content (AvgIpc) is 2.97. The molecule has 162 valence electrons. The molecule has 1 N–H and O–H groups in total. The van der Waals surface area contributed by atoms with Crippen molar-refractivity contribution in [3.05, 3.63) is 46.4 Å². The maximum absolute atomic E-state index is 13.0. The summed E-state index contributed by atoms with van der Waals surface area (Å²) in [4.78, 5) is 39.6. The highest BCUT2D eigenvalue weighted by atomic mass is 16.5. The van der Waals surface area contributed by atoms with E-state index in [2.05, 4.69) is 5.32 Å². The number of piperidine rings is 1. The number of carbonyl (C=O) groups excluding carboxylic acids is 2. The molecule has 8 heteroatoms. The fraction of sp³-hybridized carbons (Fsp3) is 0.500. The Morgan fingerprint density at radius 3 is 2.43 bits per heavy atom.